The molecule has 0 bridgehead atoms. The maximum Gasteiger partial charge on any atom is 0.275 e. The van der Waals surface area contributed by atoms with E-state index in [1.165, 1.54) is 28.4 Å². The van der Waals surface area contributed by atoms with Gasteiger partial charge in [-0.1, -0.05) is 6.92 Å². The van der Waals surface area contributed by atoms with Gasteiger partial charge in [0.05, 0.1) is 4.88 Å². The van der Waals surface area contributed by atoms with Crippen LogP contribution in [0.4, 0.5) is 0 Å². The van der Waals surface area contributed by atoms with Crippen molar-refractivity contribution in [1.29, 1.82) is 0 Å². The summed E-state index contributed by atoms with van der Waals surface area (Å²) in [5, 5.41) is 0.755. The number of rotatable bonds is 4. The Morgan fingerprint density at radius 2 is 2.44 bits per heavy atom. The number of thiophene rings is 1. The van der Waals surface area contributed by atoms with Crippen molar-refractivity contribution in [2.75, 3.05) is 18.8 Å². The van der Waals surface area contributed by atoms with E-state index in [0.717, 1.165) is 24.9 Å². The SMILES string of the molecule is CCC1CN(Cc2ccc(C(=O)NN)s2)CCS1. The number of hydrogen-bond acceptors (Lipinski definition) is 5. The van der Waals surface area contributed by atoms with Gasteiger partial charge in [-0.15, -0.1) is 11.3 Å². The van der Waals surface area contributed by atoms with Crippen molar-refractivity contribution in [3.63, 3.8) is 0 Å². The quantitative estimate of drug-likeness (QED) is 0.502. The minimum absolute atomic E-state index is 0.202. The summed E-state index contributed by atoms with van der Waals surface area (Å²) in [5.74, 6) is 6.13. The van der Waals surface area contributed by atoms with Crippen LogP contribution in [-0.4, -0.2) is 34.9 Å². The summed E-state index contributed by atoms with van der Waals surface area (Å²) in [7, 11) is 0. The van der Waals surface area contributed by atoms with Crippen LogP contribution in [0.3, 0.4) is 0 Å². The predicted octanol–water partition coefficient (Wildman–Crippen LogP) is 1.68. The van der Waals surface area contributed by atoms with E-state index in [-0.39, 0.29) is 5.91 Å². The first-order valence-corrected chi connectivity index (χ1v) is 8.03. The van der Waals surface area contributed by atoms with Crippen LogP contribution >= 0.6 is 23.1 Å². The number of carbonyl (C=O) groups is 1. The lowest BCUT2D eigenvalue weighted by molar-refractivity contribution is 0.0957. The summed E-state index contributed by atoms with van der Waals surface area (Å²) in [6.45, 7) is 5.48. The van der Waals surface area contributed by atoms with E-state index < -0.39 is 0 Å². The topological polar surface area (TPSA) is 58.4 Å². The smallest absolute Gasteiger partial charge is 0.275 e. The number of thioether (sulfide) groups is 1. The fourth-order valence-corrected chi connectivity index (χ4v) is 4.25. The second-order valence-corrected chi connectivity index (χ2v) is 6.95. The van der Waals surface area contributed by atoms with Crippen LogP contribution in [0.1, 0.15) is 27.9 Å². The van der Waals surface area contributed by atoms with E-state index in [1.807, 2.05) is 12.1 Å². The molecule has 1 aromatic heterocycles. The second-order valence-electron chi connectivity index (χ2n) is 4.38. The Hall–Kier alpha value is -0.560. The van der Waals surface area contributed by atoms with Crippen LogP contribution in [0.5, 0.6) is 0 Å². The van der Waals surface area contributed by atoms with Crippen LogP contribution in [0.15, 0.2) is 12.1 Å². The Morgan fingerprint density at radius 3 is 3.17 bits per heavy atom. The molecule has 1 saturated heterocycles. The summed E-state index contributed by atoms with van der Waals surface area (Å²) >= 11 is 3.60. The maximum absolute atomic E-state index is 11.4. The number of nitrogens with two attached hydrogens (primary N) is 1. The number of nitrogens with one attached hydrogen (secondary N) is 1. The van der Waals surface area contributed by atoms with E-state index in [4.69, 9.17) is 5.84 Å². The zero-order valence-corrected chi connectivity index (χ0v) is 12.1. The molecular weight excluding hydrogens is 266 g/mol. The molecule has 1 unspecified atom stereocenters. The molecule has 0 aliphatic carbocycles. The van der Waals surface area contributed by atoms with E-state index in [9.17, 15) is 4.79 Å². The summed E-state index contributed by atoms with van der Waals surface area (Å²) < 4.78 is 0. The molecule has 1 atom stereocenters. The fourth-order valence-electron chi connectivity index (χ4n) is 2.05. The molecule has 100 valence electrons. The highest BCUT2D eigenvalue weighted by atomic mass is 32.2. The van der Waals surface area contributed by atoms with E-state index in [0.29, 0.717) is 4.88 Å². The van der Waals surface area contributed by atoms with Gasteiger partial charge in [0.25, 0.3) is 5.91 Å². The molecule has 1 aromatic rings. The average molecular weight is 285 g/mol. The highest BCUT2D eigenvalue weighted by Crippen LogP contribution is 2.24. The van der Waals surface area contributed by atoms with E-state index in [2.05, 4.69) is 29.0 Å². The first kappa shape index (κ1) is 13.9. The highest BCUT2D eigenvalue weighted by molar-refractivity contribution is 8.00. The number of hydrogen-bond donors (Lipinski definition) is 2. The van der Waals surface area contributed by atoms with E-state index >= 15 is 0 Å². The van der Waals surface area contributed by atoms with E-state index in [1.54, 1.807) is 0 Å². The lowest BCUT2D eigenvalue weighted by Gasteiger charge is -2.31. The molecular formula is C12H19N3OS2. The molecule has 0 saturated carbocycles. The largest absolute Gasteiger partial charge is 0.296 e. The van der Waals surface area contributed by atoms with Crippen molar-refractivity contribution in [3.8, 4) is 0 Å². The molecule has 0 radical (unpaired) electrons. The van der Waals surface area contributed by atoms with Gasteiger partial charge in [0, 0.05) is 35.5 Å². The Balaban J connectivity index is 1.92. The molecule has 1 aliphatic heterocycles. The number of hydrazine groups is 1. The number of amides is 1. The Morgan fingerprint density at radius 1 is 1.61 bits per heavy atom. The van der Waals surface area contributed by atoms with Crippen molar-refractivity contribution in [3.05, 3.63) is 21.9 Å². The summed E-state index contributed by atoms with van der Waals surface area (Å²) in [4.78, 5) is 15.8. The molecule has 1 aliphatic rings. The van der Waals surface area contributed by atoms with Crippen LogP contribution in [0.2, 0.25) is 0 Å². The fraction of sp³-hybridized carbons (Fsp3) is 0.583. The van der Waals surface area contributed by atoms with Gasteiger partial charge in [-0.05, 0) is 18.6 Å². The van der Waals surface area contributed by atoms with Gasteiger partial charge >= 0.3 is 0 Å². The first-order valence-electron chi connectivity index (χ1n) is 6.16. The van der Waals surface area contributed by atoms with Gasteiger partial charge in [0.15, 0.2) is 0 Å². The van der Waals surface area contributed by atoms with Gasteiger partial charge < -0.3 is 0 Å². The third-order valence-corrected chi connectivity index (χ3v) is 5.52. The van der Waals surface area contributed by atoms with Crippen molar-refractivity contribution in [2.24, 2.45) is 5.84 Å². The average Bonchev–Trinajstić information content (AvgIpc) is 2.86. The normalized spacial score (nSPS) is 20.9. The standard InChI is InChI=1S/C12H19N3OS2/c1-2-9-7-15(5-6-17-9)8-10-3-4-11(18-10)12(16)14-13/h3-4,9H,2,5-8,13H2,1H3,(H,14,16). The molecule has 6 heteroatoms. The first-order chi connectivity index (χ1) is 8.72. The molecule has 3 N–H and O–H groups in total. The number of nitrogen functional groups attached to an aromatic ring is 1. The van der Waals surface area contributed by atoms with Gasteiger partial charge in [-0.25, -0.2) is 5.84 Å². The van der Waals surface area contributed by atoms with Crippen molar-refractivity contribution < 1.29 is 4.79 Å². The monoisotopic (exact) mass is 285 g/mol. The molecule has 18 heavy (non-hydrogen) atoms. The predicted molar refractivity (Wildman–Crippen MR) is 77.8 cm³/mol. The minimum atomic E-state index is -0.202. The van der Waals surface area contributed by atoms with Crippen LogP contribution in [0, 0.1) is 0 Å². The molecule has 2 rings (SSSR count). The van der Waals surface area contributed by atoms with Gasteiger partial charge in [0.2, 0.25) is 0 Å². The summed E-state index contributed by atoms with van der Waals surface area (Å²) in [6.07, 6.45) is 1.23. The summed E-state index contributed by atoms with van der Waals surface area (Å²) in [6, 6.07) is 3.87. The van der Waals surface area contributed by atoms with Crippen LogP contribution in [-0.2, 0) is 6.54 Å². The maximum atomic E-state index is 11.4. The number of nitrogens with zero attached hydrogens (tertiary/aromatic N) is 1. The molecule has 0 spiro atoms. The lowest BCUT2D eigenvalue weighted by atomic mass is 10.3. The van der Waals surface area contributed by atoms with Crippen LogP contribution in [0.25, 0.3) is 0 Å². The van der Waals surface area contributed by atoms with Crippen molar-refractivity contribution in [1.82, 2.24) is 10.3 Å². The lowest BCUT2D eigenvalue weighted by Crippen LogP contribution is -2.36. The molecule has 4 nitrogen and oxygen atoms in total. The Kier molecular flexibility index (Phi) is 5.05. The molecule has 1 amide bonds. The van der Waals surface area contributed by atoms with Crippen molar-refractivity contribution in [2.45, 2.75) is 25.1 Å². The third kappa shape index (κ3) is 3.47. The van der Waals surface area contributed by atoms with Gasteiger partial charge in [-0.3, -0.25) is 15.1 Å². The second kappa shape index (κ2) is 6.56. The number of carbonyl (C=O) groups excluding carboxylic acids is 1. The molecule has 1 fully saturated rings. The summed E-state index contributed by atoms with van der Waals surface area (Å²) in [5.41, 5.74) is 2.17. The van der Waals surface area contributed by atoms with Gasteiger partial charge in [0.1, 0.15) is 0 Å². The Labute approximate surface area is 116 Å². The Bertz CT molecular complexity index is 408. The zero-order chi connectivity index (χ0) is 13.0. The minimum Gasteiger partial charge on any atom is -0.296 e. The molecule has 0 aromatic carbocycles. The van der Waals surface area contributed by atoms with Crippen LogP contribution < -0.4 is 11.3 Å². The highest BCUT2D eigenvalue weighted by Gasteiger charge is 2.19. The third-order valence-electron chi connectivity index (χ3n) is 3.07. The zero-order valence-electron chi connectivity index (χ0n) is 10.5. The molecule has 2 heterocycles. The van der Waals surface area contributed by atoms with Gasteiger partial charge in [-0.2, -0.15) is 11.8 Å². The van der Waals surface area contributed by atoms with Crippen molar-refractivity contribution >= 4 is 29.0 Å².